The molecule has 0 aliphatic rings. The Morgan fingerprint density at radius 3 is 2.71 bits per heavy atom. The highest BCUT2D eigenvalue weighted by molar-refractivity contribution is 5.82. The summed E-state index contributed by atoms with van der Waals surface area (Å²) in [5.41, 5.74) is 0. The van der Waals surface area contributed by atoms with Crippen LogP contribution in [0.4, 0.5) is 0 Å². The SMILES string of the molecule is CC(=O)NC(CNC(C)c1ccco1)C(=O)O. The van der Waals surface area contributed by atoms with Gasteiger partial charge in [0.05, 0.1) is 12.3 Å². The molecule has 3 N–H and O–H groups in total. The Labute approximate surface area is 99.0 Å². The summed E-state index contributed by atoms with van der Waals surface area (Å²) >= 11 is 0. The fourth-order valence-corrected chi connectivity index (χ4v) is 1.38. The van der Waals surface area contributed by atoms with Gasteiger partial charge in [0, 0.05) is 13.5 Å². The van der Waals surface area contributed by atoms with Crippen molar-refractivity contribution < 1.29 is 19.1 Å². The summed E-state index contributed by atoms with van der Waals surface area (Å²) in [6, 6.07) is 2.51. The van der Waals surface area contributed by atoms with E-state index in [9.17, 15) is 9.59 Å². The van der Waals surface area contributed by atoms with Crippen molar-refractivity contribution >= 4 is 11.9 Å². The Hall–Kier alpha value is -1.82. The molecule has 6 nitrogen and oxygen atoms in total. The lowest BCUT2D eigenvalue weighted by molar-refractivity contribution is -0.141. The monoisotopic (exact) mass is 240 g/mol. The van der Waals surface area contributed by atoms with Crippen LogP contribution in [0, 0.1) is 0 Å². The van der Waals surface area contributed by atoms with E-state index in [-0.39, 0.29) is 18.5 Å². The lowest BCUT2D eigenvalue weighted by atomic mass is 10.2. The molecule has 2 unspecified atom stereocenters. The Kier molecular flexibility index (Phi) is 4.71. The van der Waals surface area contributed by atoms with Crippen molar-refractivity contribution in [1.29, 1.82) is 0 Å². The van der Waals surface area contributed by atoms with Crippen molar-refractivity contribution in [3.05, 3.63) is 24.2 Å². The van der Waals surface area contributed by atoms with E-state index in [1.165, 1.54) is 6.92 Å². The van der Waals surface area contributed by atoms with Gasteiger partial charge in [-0.2, -0.15) is 0 Å². The van der Waals surface area contributed by atoms with Crippen molar-refractivity contribution in [1.82, 2.24) is 10.6 Å². The number of hydrogen-bond acceptors (Lipinski definition) is 4. The van der Waals surface area contributed by atoms with E-state index in [1.807, 2.05) is 6.92 Å². The number of hydrogen-bond donors (Lipinski definition) is 3. The minimum Gasteiger partial charge on any atom is -0.480 e. The number of carboxylic acid groups (broad SMARTS) is 1. The predicted molar refractivity (Wildman–Crippen MR) is 60.4 cm³/mol. The van der Waals surface area contributed by atoms with Crippen LogP contribution < -0.4 is 10.6 Å². The molecule has 0 spiro atoms. The van der Waals surface area contributed by atoms with Gasteiger partial charge in [-0.1, -0.05) is 0 Å². The van der Waals surface area contributed by atoms with E-state index in [0.717, 1.165) is 5.76 Å². The number of nitrogens with one attached hydrogen (secondary N) is 2. The number of furan rings is 1. The maximum atomic E-state index is 10.9. The minimum absolute atomic E-state index is 0.111. The molecule has 0 saturated heterocycles. The molecule has 94 valence electrons. The van der Waals surface area contributed by atoms with Crippen LogP contribution in [0.3, 0.4) is 0 Å². The molecule has 0 radical (unpaired) electrons. The van der Waals surface area contributed by atoms with Crippen LogP contribution in [-0.4, -0.2) is 29.6 Å². The van der Waals surface area contributed by atoms with Gasteiger partial charge in [0.1, 0.15) is 11.8 Å². The number of aliphatic carboxylic acids is 1. The predicted octanol–water partition coefficient (Wildman–Crippen LogP) is 0.519. The number of amides is 1. The molecule has 17 heavy (non-hydrogen) atoms. The highest BCUT2D eigenvalue weighted by atomic mass is 16.4. The fourth-order valence-electron chi connectivity index (χ4n) is 1.38. The Balaban J connectivity index is 2.46. The molecule has 0 aliphatic heterocycles. The number of rotatable bonds is 6. The number of carbonyl (C=O) groups excluding carboxylic acids is 1. The third-order valence-electron chi connectivity index (χ3n) is 2.27. The van der Waals surface area contributed by atoms with Crippen LogP contribution in [0.1, 0.15) is 25.6 Å². The van der Waals surface area contributed by atoms with Crippen LogP contribution >= 0.6 is 0 Å². The Morgan fingerprint density at radius 2 is 2.24 bits per heavy atom. The van der Waals surface area contributed by atoms with Crippen molar-refractivity contribution in [3.63, 3.8) is 0 Å². The molecule has 1 amide bonds. The molecule has 1 heterocycles. The average molecular weight is 240 g/mol. The maximum absolute atomic E-state index is 10.9. The second-order valence-corrected chi connectivity index (χ2v) is 3.74. The molecule has 0 aromatic carbocycles. The molecule has 0 bridgehead atoms. The van der Waals surface area contributed by atoms with Crippen LogP contribution in [0.2, 0.25) is 0 Å². The van der Waals surface area contributed by atoms with Gasteiger partial charge in [-0.25, -0.2) is 4.79 Å². The number of carboxylic acids is 1. The Bertz CT molecular complexity index is 375. The van der Waals surface area contributed by atoms with Gasteiger partial charge in [-0.15, -0.1) is 0 Å². The first-order valence-corrected chi connectivity index (χ1v) is 5.27. The molecular weight excluding hydrogens is 224 g/mol. The molecule has 2 atom stereocenters. The summed E-state index contributed by atoms with van der Waals surface area (Å²) < 4.78 is 5.17. The van der Waals surface area contributed by atoms with Crippen molar-refractivity contribution in [3.8, 4) is 0 Å². The summed E-state index contributed by atoms with van der Waals surface area (Å²) in [4.78, 5) is 21.7. The second kappa shape index (κ2) is 6.05. The number of carbonyl (C=O) groups is 2. The zero-order valence-electron chi connectivity index (χ0n) is 9.77. The first-order valence-electron chi connectivity index (χ1n) is 5.27. The van der Waals surface area contributed by atoms with Gasteiger partial charge in [0.25, 0.3) is 0 Å². The van der Waals surface area contributed by atoms with Gasteiger partial charge < -0.3 is 20.2 Å². The smallest absolute Gasteiger partial charge is 0.327 e. The van der Waals surface area contributed by atoms with E-state index >= 15 is 0 Å². The maximum Gasteiger partial charge on any atom is 0.327 e. The van der Waals surface area contributed by atoms with E-state index in [0.29, 0.717) is 0 Å². The minimum atomic E-state index is -1.07. The van der Waals surface area contributed by atoms with E-state index in [1.54, 1.807) is 18.4 Å². The molecule has 0 saturated carbocycles. The van der Waals surface area contributed by atoms with Crippen LogP contribution in [0.25, 0.3) is 0 Å². The second-order valence-electron chi connectivity index (χ2n) is 3.74. The van der Waals surface area contributed by atoms with Crippen LogP contribution in [0.5, 0.6) is 0 Å². The molecule has 0 aliphatic carbocycles. The topological polar surface area (TPSA) is 91.6 Å². The first kappa shape index (κ1) is 13.2. The first-order chi connectivity index (χ1) is 8.00. The van der Waals surface area contributed by atoms with Gasteiger partial charge in [-0.05, 0) is 19.1 Å². The molecule has 6 heteroatoms. The van der Waals surface area contributed by atoms with Gasteiger partial charge >= 0.3 is 5.97 Å². The molecule has 1 aromatic heterocycles. The van der Waals surface area contributed by atoms with Crippen molar-refractivity contribution in [2.75, 3.05) is 6.54 Å². The average Bonchev–Trinajstić information content (AvgIpc) is 2.76. The molecule has 1 aromatic rings. The van der Waals surface area contributed by atoms with E-state index in [2.05, 4.69) is 10.6 Å². The third-order valence-corrected chi connectivity index (χ3v) is 2.27. The van der Waals surface area contributed by atoms with Crippen LogP contribution in [0.15, 0.2) is 22.8 Å². The lowest BCUT2D eigenvalue weighted by Crippen LogP contribution is -2.46. The summed E-state index contributed by atoms with van der Waals surface area (Å²) in [5, 5.41) is 14.2. The van der Waals surface area contributed by atoms with Crippen molar-refractivity contribution in [2.24, 2.45) is 0 Å². The highest BCUT2D eigenvalue weighted by Gasteiger charge is 2.19. The zero-order valence-corrected chi connectivity index (χ0v) is 9.77. The summed E-state index contributed by atoms with van der Waals surface area (Å²) in [6.07, 6.45) is 1.55. The van der Waals surface area contributed by atoms with Crippen LogP contribution in [-0.2, 0) is 9.59 Å². The molecule has 1 rings (SSSR count). The largest absolute Gasteiger partial charge is 0.480 e. The highest BCUT2D eigenvalue weighted by Crippen LogP contribution is 2.11. The third kappa shape index (κ3) is 4.28. The van der Waals surface area contributed by atoms with Gasteiger partial charge in [0.15, 0.2) is 0 Å². The lowest BCUT2D eigenvalue weighted by Gasteiger charge is -2.17. The zero-order chi connectivity index (χ0) is 12.8. The van der Waals surface area contributed by atoms with Gasteiger partial charge in [0.2, 0.25) is 5.91 Å². The quantitative estimate of drug-likeness (QED) is 0.674. The standard InChI is InChI=1S/C11H16N2O4/c1-7(10-4-3-5-17-10)12-6-9(11(15)16)13-8(2)14/h3-5,7,9,12H,6H2,1-2H3,(H,13,14)(H,15,16). The Morgan fingerprint density at radius 1 is 1.53 bits per heavy atom. The summed E-state index contributed by atoms with van der Waals surface area (Å²) in [7, 11) is 0. The van der Waals surface area contributed by atoms with E-state index in [4.69, 9.17) is 9.52 Å². The van der Waals surface area contributed by atoms with Gasteiger partial charge in [-0.3, -0.25) is 4.79 Å². The molecular formula is C11H16N2O4. The molecule has 0 fully saturated rings. The summed E-state index contributed by atoms with van der Waals surface area (Å²) in [5.74, 6) is -0.721. The summed E-state index contributed by atoms with van der Waals surface area (Å²) in [6.45, 7) is 3.27. The normalized spacial score (nSPS) is 14.0. The van der Waals surface area contributed by atoms with E-state index < -0.39 is 12.0 Å². The van der Waals surface area contributed by atoms with Crippen molar-refractivity contribution in [2.45, 2.75) is 25.9 Å². The fraction of sp³-hybridized carbons (Fsp3) is 0.455.